The normalized spacial score (nSPS) is 18.5. The van der Waals surface area contributed by atoms with Crippen LogP contribution in [0, 0.1) is 12.3 Å². The topological polar surface area (TPSA) is 68.7 Å². The van der Waals surface area contributed by atoms with Crippen molar-refractivity contribution in [2.45, 2.75) is 111 Å². The number of pyridine rings is 1. The molecule has 1 aliphatic carbocycles. The van der Waals surface area contributed by atoms with Crippen molar-refractivity contribution in [3.63, 3.8) is 0 Å². The highest BCUT2D eigenvalue weighted by atomic mass is 28.4. The standard InChI is InChI=1S/C31H47NO4Si/c1-12-35-29(34)22-15-13-21(14-16-22)28(33)26-20(4)25-23(32-27(26)19(2)3)17-31(8,9)18-24(25)36-37(10,11)30(5,6)7/h13-16,19,24,28,33H,12,17-18H2,1-11H3. The zero-order chi connectivity index (χ0) is 27.9. The maximum absolute atomic E-state index is 12.1. The Kier molecular flexibility index (Phi) is 8.48. The van der Waals surface area contributed by atoms with Gasteiger partial charge in [0.25, 0.3) is 0 Å². The molecule has 1 N–H and O–H groups in total. The van der Waals surface area contributed by atoms with Crippen molar-refractivity contribution in [3.05, 3.63) is 63.5 Å². The molecular weight excluding hydrogens is 478 g/mol. The van der Waals surface area contributed by atoms with Crippen LogP contribution in [0.15, 0.2) is 24.3 Å². The van der Waals surface area contributed by atoms with Crippen molar-refractivity contribution in [2.75, 3.05) is 6.61 Å². The lowest BCUT2D eigenvalue weighted by Crippen LogP contribution is -2.44. The number of fused-ring (bicyclic) bond motifs is 1. The van der Waals surface area contributed by atoms with Crippen LogP contribution < -0.4 is 0 Å². The summed E-state index contributed by atoms with van der Waals surface area (Å²) in [4.78, 5) is 17.4. The Hall–Kier alpha value is -2.02. The summed E-state index contributed by atoms with van der Waals surface area (Å²) in [5.74, 6) is -0.205. The number of rotatable bonds is 7. The minimum absolute atomic E-state index is 0.0505. The van der Waals surface area contributed by atoms with E-state index in [2.05, 4.69) is 68.5 Å². The molecule has 37 heavy (non-hydrogen) atoms. The average Bonchev–Trinajstić information content (AvgIpc) is 2.76. The minimum Gasteiger partial charge on any atom is -0.462 e. The first-order chi connectivity index (χ1) is 17.0. The molecule has 6 heteroatoms. The van der Waals surface area contributed by atoms with Crippen molar-refractivity contribution >= 4 is 14.3 Å². The quantitative estimate of drug-likeness (QED) is 0.295. The van der Waals surface area contributed by atoms with Crippen molar-refractivity contribution in [3.8, 4) is 0 Å². The Morgan fingerprint density at radius 2 is 1.78 bits per heavy atom. The number of hydrogen-bond donors (Lipinski definition) is 1. The molecule has 0 fully saturated rings. The summed E-state index contributed by atoms with van der Waals surface area (Å²) in [5, 5.41) is 11.8. The van der Waals surface area contributed by atoms with Crippen LogP contribution in [-0.4, -0.2) is 31.0 Å². The molecule has 3 rings (SSSR count). The number of aliphatic hydroxyl groups is 1. The molecule has 0 saturated carbocycles. The summed E-state index contributed by atoms with van der Waals surface area (Å²) >= 11 is 0. The van der Waals surface area contributed by atoms with E-state index in [1.165, 1.54) is 0 Å². The number of aliphatic hydroxyl groups excluding tert-OH is 1. The number of carbonyl (C=O) groups is 1. The molecule has 0 saturated heterocycles. The molecule has 2 unspecified atom stereocenters. The molecule has 2 aromatic rings. The third-order valence-electron chi connectivity index (χ3n) is 8.16. The van der Waals surface area contributed by atoms with Crippen LogP contribution in [-0.2, 0) is 15.6 Å². The molecule has 0 aliphatic heterocycles. The monoisotopic (exact) mass is 525 g/mol. The van der Waals surface area contributed by atoms with Crippen LogP contribution >= 0.6 is 0 Å². The number of aromatic nitrogens is 1. The van der Waals surface area contributed by atoms with Gasteiger partial charge in [0, 0.05) is 22.5 Å². The summed E-state index contributed by atoms with van der Waals surface area (Å²) in [7, 11) is -2.05. The summed E-state index contributed by atoms with van der Waals surface area (Å²) in [6, 6.07) is 7.07. The number of carbonyl (C=O) groups excluding carboxylic acids is 1. The van der Waals surface area contributed by atoms with Gasteiger partial charge in [-0.15, -0.1) is 0 Å². The van der Waals surface area contributed by atoms with E-state index >= 15 is 0 Å². The zero-order valence-corrected chi connectivity index (χ0v) is 25.8. The SMILES string of the molecule is CCOC(=O)c1ccc(C(O)c2c(C(C)C)nc3c(c2C)C(O[Si](C)(C)C(C)(C)C)CC(C)(C)C3)cc1. The van der Waals surface area contributed by atoms with E-state index in [9.17, 15) is 9.90 Å². The fraction of sp³-hybridized carbons (Fsp3) is 0.613. The number of esters is 1. The molecule has 1 heterocycles. The van der Waals surface area contributed by atoms with Crippen molar-refractivity contribution in [1.29, 1.82) is 0 Å². The van der Waals surface area contributed by atoms with E-state index in [0.29, 0.717) is 12.2 Å². The Balaban J connectivity index is 2.14. The highest BCUT2D eigenvalue weighted by Gasteiger charge is 2.44. The van der Waals surface area contributed by atoms with Crippen LogP contribution in [0.25, 0.3) is 0 Å². The van der Waals surface area contributed by atoms with Gasteiger partial charge in [0.1, 0.15) is 6.10 Å². The molecule has 1 aromatic heterocycles. The van der Waals surface area contributed by atoms with Gasteiger partial charge in [-0.1, -0.05) is 60.6 Å². The molecule has 5 nitrogen and oxygen atoms in total. The first-order valence-electron chi connectivity index (χ1n) is 13.6. The maximum atomic E-state index is 12.1. The molecule has 2 atom stereocenters. The van der Waals surface area contributed by atoms with Gasteiger partial charge < -0.3 is 14.3 Å². The fourth-order valence-corrected chi connectivity index (χ4v) is 6.38. The van der Waals surface area contributed by atoms with Gasteiger partial charge in [0.05, 0.1) is 18.3 Å². The molecule has 1 aliphatic rings. The van der Waals surface area contributed by atoms with E-state index in [1.807, 2.05) is 12.1 Å². The van der Waals surface area contributed by atoms with Crippen LogP contribution in [0.2, 0.25) is 18.1 Å². The first-order valence-corrected chi connectivity index (χ1v) is 16.6. The Bertz CT molecular complexity index is 1130. The summed E-state index contributed by atoms with van der Waals surface area (Å²) < 4.78 is 12.2. The number of hydrogen-bond acceptors (Lipinski definition) is 5. The van der Waals surface area contributed by atoms with Crippen LogP contribution in [0.5, 0.6) is 0 Å². The second-order valence-corrected chi connectivity index (χ2v) is 18.0. The van der Waals surface area contributed by atoms with Crippen molar-refractivity contribution < 1.29 is 19.1 Å². The lowest BCUT2D eigenvalue weighted by molar-refractivity contribution is 0.0526. The van der Waals surface area contributed by atoms with E-state index < -0.39 is 14.4 Å². The summed E-state index contributed by atoms with van der Waals surface area (Å²) in [6.45, 7) is 24.5. The second-order valence-electron chi connectivity index (χ2n) is 13.2. The van der Waals surface area contributed by atoms with Crippen LogP contribution in [0.1, 0.15) is 124 Å². The summed E-state index contributed by atoms with van der Waals surface area (Å²) in [5.41, 5.74) is 6.43. The smallest absolute Gasteiger partial charge is 0.338 e. The fourth-order valence-electron chi connectivity index (χ4n) is 5.11. The van der Waals surface area contributed by atoms with Crippen LogP contribution in [0.4, 0.5) is 0 Å². The number of ether oxygens (including phenoxy) is 1. The Morgan fingerprint density at radius 1 is 1.19 bits per heavy atom. The van der Waals surface area contributed by atoms with E-state index in [4.69, 9.17) is 14.1 Å². The van der Waals surface area contributed by atoms with Gasteiger partial charge in [0.2, 0.25) is 0 Å². The third-order valence-corrected chi connectivity index (χ3v) is 12.6. The van der Waals surface area contributed by atoms with E-state index in [1.54, 1.807) is 19.1 Å². The lowest BCUT2D eigenvalue weighted by Gasteiger charge is -2.45. The number of benzene rings is 1. The van der Waals surface area contributed by atoms with E-state index in [-0.39, 0.29) is 28.4 Å². The average molecular weight is 526 g/mol. The van der Waals surface area contributed by atoms with E-state index in [0.717, 1.165) is 46.5 Å². The van der Waals surface area contributed by atoms with Crippen LogP contribution in [0.3, 0.4) is 0 Å². The molecular formula is C31H47NO4Si. The molecule has 1 aromatic carbocycles. The molecule has 204 valence electrons. The maximum Gasteiger partial charge on any atom is 0.338 e. The van der Waals surface area contributed by atoms with Gasteiger partial charge in [0.15, 0.2) is 8.32 Å². The van der Waals surface area contributed by atoms with Crippen molar-refractivity contribution in [1.82, 2.24) is 4.98 Å². The third kappa shape index (κ3) is 6.18. The highest BCUT2D eigenvalue weighted by Crippen LogP contribution is 2.49. The minimum atomic E-state index is -2.05. The van der Waals surface area contributed by atoms with Gasteiger partial charge in [-0.3, -0.25) is 4.98 Å². The van der Waals surface area contributed by atoms with Gasteiger partial charge in [-0.25, -0.2) is 4.79 Å². The molecule has 0 spiro atoms. The van der Waals surface area contributed by atoms with Crippen molar-refractivity contribution in [2.24, 2.45) is 5.41 Å². The van der Waals surface area contributed by atoms with Gasteiger partial charge in [-0.05, 0) is 79.4 Å². The zero-order valence-electron chi connectivity index (χ0n) is 24.8. The Morgan fingerprint density at radius 3 is 2.30 bits per heavy atom. The number of nitrogens with zero attached hydrogens (tertiary/aromatic N) is 1. The van der Waals surface area contributed by atoms with Gasteiger partial charge >= 0.3 is 5.97 Å². The first kappa shape index (κ1) is 29.5. The predicted octanol–water partition coefficient (Wildman–Crippen LogP) is 7.81. The molecule has 0 radical (unpaired) electrons. The molecule has 0 bridgehead atoms. The largest absolute Gasteiger partial charge is 0.462 e. The Labute approximate surface area is 225 Å². The highest BCUT2D eigenvalue weighted by molar-refractivity contribution is 6.74. The second kappa shape index (κ2) is 10.6. The predicted molar refractivity (Wildman–Crippen MR) is 153 cm³/mol. The lowest BCUT2D eigenvalue weighted by atomic mass is 9.72. The van der Waals surface area contributed by atoms with Gasteiger partial charge in [-0.2, -0.15) is 0 Å². The molecule has 0 amide bonds. The summed E-state index contributed by atoms with van der Waals surface area (Å²) in [6.07, 6.45) is 0.922.